The van der Waals surface area contributed by atoms with E-state index < -0.39 is 0 Å². The number of aliphatic hydroxyl groups is 1. The Morgan fingerprint density at radius 1 is 1.57 bits per heavy atom. The minimum absolute atomic E-state index is 0.0685. The summed E-state index contributed by atoms with van der Waals surface area (Å²) in [5, 5.41) is 8.61. The molecule has 3 nitrogen and oxygen atoms in total. The third-order valence-corrected chi connectivity index (χ3v) is 2.36. The van der Waals surface area contributed by atoms with Crippen LogP contribution in [0.15, 0.2) is 0 Å². The quantitative estimate of drug-likeness (QED) is 0.631. The molecule has 1 amide bonds. The first-order valence-electron chi connectivity index (χ1n) is 5.10. The van der Waals surface area contributed by atoms with Gasteiger partial charge in [-0.05, 0) is 25.2 Å². The Morgan fingerprint density at radius 3 is 2.79 bits per heavy atom. The summed E-state index contributed by atoms with van der Waals surface area (Å²) >= 11 is 0. The molecule has 3 heteroatoms. The number of carbonyl (C=O) groups excluding carboxylic acids is 1. The van der Waals surface area contributed by atoms with Gasteiger partial charge in [0.2, 0.25) is 5.91 Å². The van der Waals surface area contributed by atoms with Crippen molar-refractivity contribution in [3.63, 3.8) is 0 Å². The van der Waals surface area contributed by atoms with Crippen LogP contribution in [0.2, 0.25) is 0 Å². The molecule has 78 valence electrons. The average Bonchev–Trinajstić information content (AvgIpc) is 2.97. The molecule has 0 aromatic rings. The van der Waals surface area contributed by atoms with Gasteiger partial charge in [0.05, 0.1) is 6.54 Å². The van der Waals surface area contributed by atoms with Crippen LogP contribution in [0.25, 0.3) is 0 Å². The Bertz CT molecular complexity index is 228. The Labute approximate surface area is 85.1 Å². The van der Waals surface area contributed by atoms with Crippen molar-refractivity contribution in [2.75, 3.05) is 19.7 Å². The van der Waals surface area contributed by atoms with Gasteiger partial charge in [-0.25, -0.2) is 0 Å². The van der Waals surface area contributed by atoms with Crippen LogP contribution < -0.4 is 0 Å². The van der Waals surface area contributed by atoms with Gasteiger partial charge in [-0.3, -0.25) is 4.79 Å². The van der Waals surface area contributed by atoms with Crippen LogP contribution in [0.5, 0.6) is 0 Å². The van der Waals surface area contributed by atoms with E-state index in [1.54, 1.807) is 4.90 Å². The molecular formula is C11H17NO2. The molecule has 1 aliphatic rings. The number of rotatable bonds is 6. The molecule has 1 fully saturated rings. The zero-order valence-electron chi connectivity index (χ0n) is 8.41. The molecule has 0 unspecified atom stereocenters. The molecular weight excluding hydrogens is 178 g/mol. The lowest BCUT2D eigenvalue weighted by molar-refractivity contribution is -0.131. The van der Waals surface area contributed by atoms with Crippen molar-refractivity contribution < 1.29 is 9.90 Å². The first-order valence-corrected chi connectivity index (χ1v) is 5.10. The molecule has 14 heavy (non-hydrogen) atoms. The second kappa shape index (κ2) is 5.66. The number of carbonyl (C=O) groups is 1. The fourth-order valence-electron chi connectivity index (χ4n) is 1.37. The van der Waals surface area contributed by atoms with Crippen LogP contribution in [-0.4, -0.2) is 35.6 Å². The predicted molar refractivity (Wildman–Crippen MR) is 54.5 cm³/mol. The first-order chi connectivity index (χ1) is 6.77. The minimum Gasteiger partial charge on any atom is -0.396 e. The Kier molecular flexibility index (Phi) is 4.48. The molecule has 1 rings (SSSR count). The highest BCUT2D eigenvalue weighted by Crippen LogP contribution is 2.29. The lowest BCUT2D eigenvalue weighted by Crippen LogP contribution is -2.33. The largest absolute Gasteiger partial charge is 0.396 e. The number of hydrogen-bond acceptors (Lipinski definition) is 2. The third kappa shape index (κ3) is 3.80. The number of hydrogen-bond donors (Lipinski definition) is 1. The van der Waals surface area contributed by atoms with Crippen molar-refractivity contribution in [2.45, 2.75) is 25.7 Å². The Morgan fingerprint density at radius 2 is 2.29 bits per heavy atom. The lowest BCUT2D eigenvalue weighted by Gasteiger charge is -2.19. The van der Waals surface area contributed by atoms with E-state index in [0.717, 1.165) is 6.54 Å². The van der Waals surface area contributed by atoms with E-state index in [-0.39, 0.29) is 12.5 Å². The van der Waals surface area contributed by atoms with Crippen LogP contribution in [-0.2, 0) is 4.79 Å². The zero-order chi connectivity index (χ0) is 10.4. The molecule has 0 aliphatic heterocycles. The first kappa shape index (κ1) is 11.1. The van der Waals surface area contributed by atoms with E-state index in [4.69, 9.17) is 11.5 Å². The van der Waals surface area contributed by atoms with E-state index >= 15 is 0 Å². The SMILES string of the molecule is C#CCN(CC1CC1)C(=O)CCCO. The number of amides is 1. The van der Waals surface area contributed by atoms with Crippen molar-refractivity contribution in [3.05, 3.63) is 0 Å². The molecule has 1 N–H and O–H groups in total. The van der Waals surface area contributed by atoms with Gasteiger partial charge in [-0.15, -0.1) is 6.42 Å². The van der Waals surface area contributed by atoms with Crippen LogP contribution in [0.1, 0.15) is 25.7 Å². The van der Waals surface area contributed by atoms with E-state index in [2.05, 4.69) is 5.92 Å². The van der Waals surface area contributed by atoms with Gasteiger partial charge in [-0.2, -0.15) is 0 Å². The van der Waals surface area contributed by atoms with Crippen molar-refractivity contribution in [2.24, 2.45) is 5.92 Å². The van der Waals surface area contributed by atoms with Gasteiger partial charge >= 0.3 is 0 Å². The fourth-order valence-corrected chi connectivity index (χ4v) is 1.37. The summed E-state index contributed by atoms with van der Waals surface area (Å²) in [5.74, 6) is 3.24. The molecule has 0 aromatic carbocycles. The molecule has 0 saturated heterocycles. The van der Waals surface area contributed by atoms with Crippen LogP contribution >= 0.6 is 0 Å². The maximum atomic E-state index is 11.6. The molecule has 0 heterocycles. The van der Waals surface area contributed by atoms with Crippen molar-refractivity contribution >= 4 is 5.91 Å². The fraction of sp³-hybridized carbons (Fsp3) is 0.727. The van der Waals surface area contributed by atoms with Gasteiger partial charge in [0, 0.05) is 19.6 Å². The minimum atomic E-state index is 0.0685. The standard InChI is InChI=1S/C11H17NO2/c1-2-7-12(9-10-5-6-10)11(14)4-3-8-13/h1,10,13H,3-9H2. The normalized spacial score (nSPS) is 14.9. The van der Waals surface area contributed by atoms with Crippen LogP contribution in [0.3, 0.4) is 0 Å². The summed E-state index contributed by atoms with van der Waals surface area (Å²) in [7, 11) is 0. The van der Waals surface area contributed by atoms with Crippen molar-refractivity contribution in [3.8, 4) is 12.3 Å². The molecule has 1 saturated carbocycles. The highest BCUT2D eigenvalue weighted by atomic mass is 16.3. The van der Waals surface area contributed by atoms with Crippen molar-refractivity contribution in [1.29, 1.82) is 0 Å². The summed E-state index contributed by atoms with van der Waals surface area (Å²) in [6, 6.07) is 0. The summed E-state index contributed by atoms with van der Waals surface area (Å²) in [6.45, 7) is 1.27. The maximum Gasteiger partial charge on any atom is 0.223 e. The van der Waals surface area contributed by atoms with Gasteiger partial charge < -0.3 is 10.0 Å². The molecule has 1 aliphatic carbocycles. The topological polar surface area (TPSA) is 40.5 Å². The van der Waals surface area contributed by atoms with Gasteiger partial charge in [-0.1, -0.05) is 5.92 Å². The summed E-state index contributed by atoms with van der Waals surface area (Å²) in [5.41, 5.74) is 0. The number of aliphatic hydroxyl groups excluding tert-OH is 1. The van der Waals surface area contributed by atoms with Crippen LogP contribution in [0, 0.1) is 18.3 Å². The van der Waals surface area contributed by atoms with Gasteiger partial charge in [0.1, 0.15) is 0 Å². The highest BCUT2D eigenvalue weighted by Gasteiger charge is 2.25. The second-order valence-electron chi connectivity index (χ2n) is 3.75. The van der Waals surface area contributed by atoms with Crippen LogP contribution in [0.4, 0.5) is 0 Å². The van der Waals surface area contributed by atoms with E-state index in [9.17, 15) is 4.79 Å². The average molecular weight is 195 g/mol. The predicted octanol–water partition coefficient (Wildman–Crippen LogP) is 0.631. The van der Waals surface area contributed by atoms with Crippen molar-refractivity contribution in [1.82, 2.24) is 4.90 Å². The summed E-state index contributed by atoms with van der Waals surface area (Å²) in [6.07, 6.45) is 8.57. The number of nitrogens with zero attached hydrogens (tertiary/aromatic N) is 1. The number of terminal acetylenes is 1. The monoisotopic (exact) mass is 195 g/mol. The third-order valence-electron chi connectivity index (χ3n) is 2.36. The van der Waals surface area contributed by atoms with Gasteiger partial charge in [0.25, 0.3) is 0 Å². The molecule has 0 bridgehead atoms. The molecule has 0 radical (unpaired) electrons. The summed E-state index contributed by atoms with van der Waals surface area (Å²) < 4.78 is 0. The Hall–Kier alpha value is -1.01. The Balaban J connectivity index is 2.31. The van der Waals surface area contributed by atoms with E-state index in [1.807, 2.05) is 0 Å². The highest BCUT2D eigenvalue weighted by molar-refractivity contribution is 5.76. The smallest absolute Gasteiger partial charge is 0.223 e. The zero-order valence-corrected chi connectivity index (χ0v) is 8.41. The second-order valence-corrected chi connectivity index (χ2v) is 3.75. The molecule has 0 aromatic heterocycles. The summed E-state index contributed by atoms with van der Waals surface area (Å²) in [4.78, 5) is 13.3. The molecule has 0 spiro atoms. The maximum absolute atomic E-state index is 11.6. The van der Waals surface area contributed by atoms with Gasteiger partial charge in [0.15, 0.2) is 0 Å². The van der Waals surface area contributed by atoms with E-state index in [1.165, 1.54) is 12.8 Å². The van der Waals surface area contributed by atoms with E-state index in [0.29, 0.717) is 25.3 Å². The molecule has 0 atom stereocenters. The lowest BCUT2D eigenvalue weighted by atomic mass is 10.2.